The smallest absolute Gasteiger partial charge is 0.115 e. The summed E-state index contributed by atoms with van der Waals surface area (Å²) in [6.07, 6.45) is 8.82. The lowest BCUT2D eigenvalue weighted by molar-refractivity contribution is 0.0835. The third-order valence-corrected chi connectivity index (χ3v) is 5.21. The van der Waals surface area contributed by atoms with E-state index >= 15 is 0 Å². The zero-order valence-electron chi connectivity index (χ0n) is 13.7. The van der Waals surface area contributed by atoms with Gasteiger partial charge in [0.1, 0.15) is 5.75 Å². The zero-order valence-corrected chi connectivity index (χ0v) is 13.7. The summed E-state index contributed by atoms with van der Waals surface area (Å²) in [5.74, 6) is 0.363. The summed E-state index contributed by atoms with van der Waals surface area (Å²) in [6.45, 7) is 0. The Labute approximate surface area is 129 Å². The number of aromatic hydroxyl groups is 1. The van der Waals surface area contributed by atoms with Crippen LogP contribution in [0.5, 0.6) is 5.75 Å². The third kappa shape index (κ3) is 3.78. The van der Waals surface area contributed by atoms with E-state index in [0.29, 0.717) is 11.8 Å². The molecule has 1 saturated carbocycles. The first kappa shape index (κ1) is 16.3. The van der Waals surface area contributed by atoms with Crippen LogP contribution in [0.3, 0.4) is 0 Å². The molecule has 118 valence electrons. The van der Waals surface area contributed by atoms with Crippen molar-refractivity contribution in [1.29, 1.82) is 0 Å². The molecular formula is C18H30N2O. The van der Waals surface area contributed by atoms with Gasteiger partial charge in [0, 0.05) is 11.6 Å². The van der Waals surface area contributed by atoms with Gasteiger partial charge in [-0.3, -0.25) is 0 Å². The lowest BCUT2D eigenvalue weighted by Crippen LogP contribution is -2.59. The molecule has 0 amide bonds. The molecule has 1 atom stereocenters. The van der Waals surface area contributed by atoms with Crippen LogP contribution in [0.2, 0.25) is 0 Å². The highest BCUT2D eigenvalue weighted by Gasteiger charge is 2.40. The number of benzene rings is 1. The molecule has 2 N–H and O–H groups in total. The summed E-state index contributed by atoms with van der Waals surface area (Å²) in [5.41, 5.74) is 1.43. The maximum Gasteiger partial charge on any atom is 0.115 e. The topological polar surface area (TPSA) is 35.5 Å². The van der Waals surface area contributed by atoms with Crippen molar-refractivity contribution in [3.05, 3.63) is 29.8 Å². The normalized spacial score (nSPS) is 20.2. The summed E-state index contributed by atoms with van der Waals surface area (Å²) >= 11 is 0. The molecule has 0 bridgehead atoms. The van der Waals surface area contributed by atoms with E-state index in [4.69, 9.17) is 0 Å². The molecule has 1 unspecified atom stereocenters. The second-order valence-corrected chi connectivity index (χ2v) is 6.63. The Hall–Kier alpha value is -1.06. The first-order valence-electron chi connectivity index (χ1n) is 8.21. The number of phenolic OH excluding ortho intramolecular Hbond substituents is 1. The molecule has 2 rings (SSSR count). The molecule has 3 nitrogen and oxygen atoms in total. The van der Waals surface area contributed by atoms with Crippen molar-refractivity contribution in [2.75, 3.05) is 21.1 Å². The van der Waals surface area contributed by atoms with E-state index in [1.807, 2.05) is 12.1 Å². The standard InChI is InChI=1S/C18H30N2O/c1-19-17(14-15-9-8-10-16(21)13-15)18(20(2)3)11-6-4-5-7-12-18/h8-10,13,17,19,21H,4-7,11-12,14H2,1-3H3. The Bertz CT molecular complexity index is 437. The van der Waals surface area contributed by atoms with Gasteiger partial charge in [-0.15, -0.1) is 0 Å². The Morgan fingerprint density at radius 2 is 1.86 bits per heavy atom. The van der Waals surface area contributed by atoms with Crippen LogP contribution in [0, 0.1) is 0 Å². The minimum absolute atomic E-state index is 0.219. The summed E-state index contributed by atoms with van der Waals surface area (Å²) in [6, 6.07) is 8.10. The van der Waals surface area contributed by atoms with Crippen LogP contribution in [0.25, 0.3) is 0 Å². The fourth-order valence-electron chi connectivity index (χ4n) is 3.93. The average Bonchev–Trinajstić information content (AvgIpc) is 2.71. The lowest BCUT2D eigenvalue weighted by Gasteiger charge is -2.46. The molecule has 1 aliphatic rings. The Kier molecular flexibility index (Phi) is 5.65. The van der Waals surface area contributed by atoms with E-state index in [1.54, 1.807) is 6.07 Å². The minimum atomic E-state index is 0.219. The molecule has 0 heterocycles. The van der Waals surface area contributed by atoms with Crippen LogP contribution < -0.4 is 5.32 Å². The van der Waals surface area contributed by atoms with Crippen LogP contribution in [-0.4, -0.2) is 42.7 Å². The van der Waals surface area contributed by atoms with Gasteiger partial charge in [0.15, 0.2) is 0 Å². The van der Waals surface area contributed by atoms with Crippen molar-refractivity contribution in [2.24, 2.45) is 0 Å². The van der Waals surface area contributed by atoms with E-state index < -0.39 is 0 Å². The highest BCUT2D eigenvalue weighted by Crippen LogP contribution is 2.35. The molecule has 0 aliphatic heterocycles. The van der Waals surface area contributed by atoms with Gasteiger partial charge in [-0.1, -0.05) is 37.8 Å². The second kappa shape index (κ2) is 7.28. The first-order chi connectivity index (χ1) is 10.1. The zero-order chi connectivity index (χ0) is 15.3. The predicted octanol–water partition coefficient (Wildman–Crippen LogP) is 3.18. The minimum Gasteiger partial charge on any atom is -0.508 e. The van der Waals surface area contributed by atoms with Crippen molar-refractivity contribution in [1.82, 2.24) is 10.2 Å². The Morgan fingerprint density at radius 1 is 1.19 bits per heavy atom. The van der Waals surface area contributed by atoms with Crippen molar-refractivity contribution >= 4 is 0 Å². The number of nitrogens with one attached hydrogen (secondary N) is 1. The fraction of sp³-hybridized carbons (Fsp3) is 0.667. The SMILES string of the molecule is CNC(Cc1cccc(O)c1)C1(N(C)C)CCCCCC1. The largest absolute Gasteiger partial charge is 0.508 e. The lowest BCUT2D eigenvalue weighted by atomic mass is 9.78. The average molecular weight is 290 g/mol. The van der Waals surface area contributed by atoms with E-state index in [2.05, 4.69) is 37.4 Å². The van der Waals surface area contributed by atoms with E-state index in [-0.39, 0.29) is 5.54 Å². The number of phenols is 1. The van der Waals surface area contributed by atoms with Crippen LogP contribution in [0.4, 0.5) is 0 Å². The van der Waals surface area contributed by atoms with Crippen LogP contribution in [0.15, 0.2) is 24.3 Å². The van der Waals surface area contributed by atoms with Gasteiger partial charge in [-0.05, 0) is 58.1 Å². The Morgan fingerprint density at radius 3 is 2.38 bits per heavy atom. The summed E-state index contributed by atoms with van der Waals surface area (Å²) < 4.78 is 0. The highest BCUT2D eigenvalue weighted by molar-refractivity contribution is 5.28. The number of likely N-dealkylation sites (N-methyl/N-ethyl adjacent to an activating group) is 2. The molecular weight excluding hydrogens is 260 g/mol. The van der Waals surface area contributed by atoms with Gasteiger partial charge >= 0.3 is 0 Å². The molecule has 1 aromatic rings. The van der Waals surface area contributed by atoms with Gasteiger partial charge in [0.2, 0.25) is 0 Å². The van der Waals surface area contributed by atoms with Gasteiger partial charge in [-0.2, -0.15) is 0 Å². The molecule has 1 fully saturated rings. The van der Waals surface area contributed by atoms with E-state index in [1.165, 1.54) is 44.1 Å². The van der Waals surface area contributed by atoms with Gasteiger partial charge < -0.3 is 15.3 Å². The highest BCUT2D eigenvalue weighted by atomic mass is 16.3. The number of hydrogen-bond donors (Lipinski definition) is 2. The summed E-state index contributed by atoms with van der Waals surface area (Å²) in [5, 5.41) is 13.3. The van der Waals surface area contributed by atoms with Gasteiger partial charge in [-0.25, -0.2) is 0 Å². The molecule has 0 spiro atoms. The van der Waals surface area contributed by atoms with Gasteiger partial charge in [0.25, 0.3) is 0 Å². The van der Waals surface area contributed by atoms with Crippen molar-refractivity contribution < 1.29 is 5.11 Å². The molecule has 3 heteroatoms. The maximum absolute atomic E-state index is 9.70. The van der Waals surface area contributed by atoms with E-state index in [0.717, 1.165) is 6.42 Å². The van der Waals surface area contributed by atoms with Gasteiger partial charge in [0.05, 0.1) is 0 Å². The Balaban J connectivity index is 2.23. The predicted molar refractivity (Wildman–Crippen MR) is 88.8 cm³/mol. The molecule has 0 aromatic heterocycles. The van der Waals surface area contributed by atoms with Crippen molar-refractivity contribution in [3.63, 3.8) is 0 Å². The fourth-order valence-corrected chi connectivity index (χ4v) is 3.93. The summed E-state index contributed by atoms with van der Waals surface area (Å²) in [4.78, 5) is 2.43. The molecule has 0 saturated heterocycles. The quantitative estimate of drug-likeness (QED) is 0.818. The van der Waals surface area contributed by atoms with Crippen molar-refractivity contribution in [3.8, 4) is 5.75 Å². The first-order valence-corrected chi connectivity index (χ1v) is 8.21. The molecule has 1 aliphatic carbocycles. The number of nitrogens with zero attached hydrogens (tertiary/aromatic N) is 1. The number of hydrogen-bond acceptors (Lipinski definition) is 3. The second-order valence-electron chi connectivity index (χ2n) is 6.63. The van der Waals surface area contributed by atoms with Crippen LogP contribution in [0.1, 0.15) is 44.1 Å². The molecule has 21 heavy (non-hydrogen) atoms. The van der Waals surface area contributed by atoms with Crippen LogP contribution in [-0.2, 0) is 6.42 Å². The summed E-state index contributed by atoms with van der Waals surface area (Å²) in [7, 11) is 6.51. The molecule has 1 aromatic carbocycles. The van der Waals surface area contributed by atoms with E-state index in [9.17, 15) is 5.11 Å². The van der Waals surface area contributed by atoms with Crippen LogP contribution >= 0.6 is 0 Å². The monoisotopic (exact) mass is 290 g/mol. The maximum atomic E-state index is 9.70. The van der Waals surface area contributed by atoms with Crippen molar-refractivity contribution in [2.45, 2.75) is 56.5 Å². The third-order valence-electron chi connectivity index (χ3n) is 5.21. The number of rotatable bonds is 5. The molecule has 0 radical (unpaired) electrons.